The van der Waals surface area contributed by atoms with Crippen LogP contribution in [0.25, 0.3) is 10.8 Å². The van der Waals surface area contributed by atoms with E-state index in [-0.39, 0.29) is 5.91 Å². The summed E-state index contributed by atoms with van der Waals surface area (Å²) in [5.41, 5.74) is 1.90. The van der Waals surface area contributed by atoms with Gasteiger partial charge in [-0.1, -0.05) is 42.5 Å². The number of rotatable bonds is 5. The molecule has 0 saturated carbocycles. The number of fused-ring (bicyclic) bond motifs is 1. The largest absolute Gasteiger partial charge is 0.481 e. The van der Waals surface area contributed by atoms with E-state index in [1.54, 1.807) is 6.92 Å². The summed E-state index contributed by atoms with van der Waals surface area (Å²) in [5, 5.41) is 5.10. The molecule has 0 aromatic heterocycles. The predicted octanol–water partition coefficient (Wildman–Crippen LogP) is 4.31. The summed E-state index contributed by atoms with van der Waals surface area (Å²) < 4.78 is 5.70. The van der Waals surface area contributed by atoms with Crippen LogP contribution in [0.15, 0.2) is 66.7 Å². The van der Waals surface area contributed by atoms with Crippen LogP contribution in [0.4, 0.5) is 11.4 Å². The topological polar surface area (TPSA) is 41.6 Å². The molecule has 3 aromatic carbocycles. The summed E-state index contributed by atoms with van der Waals surface area (Å²) >= 11 is 0. The average molecular weight is 334 g/mol. The molecule has 128 valence electrons. The molecule has 0 saturated heterocycles. The third kappa shape index (κ3) is 3.74. The molecule has 0 unspecified atom stereocenters. The molecule has 0 aliphatic heterocycles. The standard InChI is InChI=1S/C21H22N2O2/c1-15(25-16-9-5-4-6-10-16)21(24)22-19-13-14-20(23(2)3)18-12-8-7-11-17(18)19/h4-15H,1-3H3,(H,22,24)/t15-/m1/s1. The van der Waals surface area contributed by atoms with Gasteiger partial charge in [-0.3, -0.25) is 4.79 Å². The maximum absolute atomic E-state index is 12.5. The molecule has 1 N–H and O–H groups in total. The van der Waals surface area contributed by atoms with E-state index in [1.807, 2.05) is 74.8 Å². The zero-order valence-corrected chi connectivity index (χ0v) is 14.7. The zero-order valence-electron chi connectivity index (χ0n) is 14.7. The minimum absolute atomic E-state index is 0.174. The van der Waals surface area contributed by atoms with E-state index in [1.165, 1.54) is 0 Å². The molecule has 3 aromatic rings. The highest BCUT2D eigenvalue weighted by Gasteiger charge is 2.16. The lowest BCUT2D eigenvalue weighted by Crippen LogP contribution is -2.30. The molecule has 25 heavy (non-hydrogen) atoms. The first-order valence-electron chi connectivity index (χ1n) is 8.28. The van der Waals surface area contributed by atoms with Crippen LogP contribution in [0.5, 0.6) is 5.75 Å². The van der Waals surface area contributed by atoms with Crippen LogP contribution >= 0.6 is 0 Å². The lowest BCUT2D eigenvalue weighted by atomic mass is 10.1. The Morgan fingerprint density at radius 3 is 2.24 bits per heavy atom. The van der Waals surface area contributed by atoms with Crippen molar-refractivity contribution in [3.63, 3.8) is 0 Å². The molecule has 1 atom stereocenters. The Balaban J connectivity index is 1.83. The maximum atomic E-state index is 12.5. The van der Waals surface area contributed by atoms with Gasteiger partial charge in [0.25, 0.3) is 5.91 Å². The third-order valence-electron chi connectivity index (χ3n) is 4.07. The summed E-state index contributed by atoms with van der Waals surface area (Å²) in [5.74, 6) is 0.504. The maximum Gasteiger partial charge on any atom is 0.265 e. The van der Waals surface area contributed by atoms with Gasteiger partial charge in [-0.15, -0.1) is 0 Å². The van der Waals surface area contributed by atoms with E-state index in [9.17, 15) is 4.79 Å². The normalized spacial score (nSPS) is 11.8. The monoisotopic (exact) mass is 334 g/mol. The van der Waals surface area contributed by atoms with Crippen LogP contribution in [0.2, 0.25) is 0 Å². The highest BCUT2D eigenvalue weighted by Crippen LogP contribution is 2.31. The van der Waals surface area contributed by atoms with Crippen molar-refractivity contribution in [3.05, 3.63) is 66.7 Å². The molecule has 4 heteroatoms. The van der Waals surface area contributed by atoms with Crippen LogP contribution < -0.4 is 15.0 Å². The first kappa shape index (κ1) is 16.8. The summed E-state index contributed by atoms with van der Waals surface area (Å²) in [6.07, 6.45) is -0.588. The van der Waals surface area contributed by atoms with Gasteiger partial charge in [0.1, 0.15) is 5.75 Å². The van der Waals surface area contributed by atoms with Crippen molar-refractivity contribution in [1.82, 2.24) is 0 Å². The number of hydrogen-bond acceptors (Lipinski definition) is 3. The summed E-state index contributed by atoms with van der Waals surface area (Å²) in [7, 11) is 4.02. The van der Waals surface area contributed by atoms with E-state index in [0.717, 1.165) is 22.1 Å². The van der Waals surface area contributed by atoms with Crippen molar-refractivity contribution in [2.45, 2.75) is 13.0 Å². The number of carbonyl (C=O) groups excluding carboxylic acids is 1. The summed E-state index contributed by atoms with van der Waals surface area (Å²) in [6, 6.07) is 21.4. The fourth-order valence-corrected chi connectivity index (χ4v) is 2.77. The molecular weight excluding hydrogens is 312 g/mol. The van der Waals surface area contributed by atoms with E-state index in [4.69, 9.17) is 4.74 Å². The second-order valence-electron chi connectivity index (χ2n) is 6.13. The van der Waals surface area contributed by atoms with Gasteiger partial charge in [0, 0.05) is 36.2 Å². The van der Waals surface area contributed by atoms with Crippen LogP contribution in [-0.2, 0) is 4.79 Å². The van der Waals surface area contributed by atoms with Gasteiger partial charge in [0.2, 0.25) is 0 Å². The van der Waals surface area contributed by atoms with Crippen molar-refractivity contribution < 1.29 is 9.53 Å². The summed E-state index contributed by atoms with van der Waals surface area (Å²) in [4.78, 5) is 14.6. The quantitative estimate of drug-likeness (QED) is 0.756. The minimum Gasteiger partial charge on any atom is -0.481 e. The number of nitrogens with one attached hydrogen (secondary N) is 1. The Morgan fingerprint density at radius 1 is 0.920 bits per heavy atom. The highest BCUT2D eigenvalue weighted by molar-refractivity contribution is 6.07. The van der Waals surface area contributed by atoms with Crippen LogP contribution in [0, 0.1) is 0 Å². The van der Waals surface area contributed by atoms with E-state index < -0.39 is 6.10 Å². The van der Waals surface area contributed by atoms with Crippen molar-refractivity contribution in [3.8, 4) is 5.75 Å². The molecule has 0 bridgehead atoms. The molecule has 3 rings (SSSR count). The number of benzene rings is 3. The van der Waals surface area contributed by atoms with E-state index in [0.29, 0.717) is 5.75 Å². The minimum atomic E-state index is -0.588. The first-order valence-corrected chi connectivity index (χ1v) is 8.28. The molecule has 0 fully saturated rings. The molecule has 0 radical (unpaired) electrons. The second kappa shape index (κ2) is 7.26. The van der Waals surface area contributed by atoms with Crippen molar-refractivity contribution >= 4 is 28.1 Å². The van der Waals surface area contributed by atoms with Gasteiger partial charge in [-0.25, -0.2) is 0 Å². The lowest BCUT2D eigenvalue weighted by Gasteiger charge is -2.19. The molecule has 1 amide bonds. The number of para-hydroxylation sites is 1. The fourth-order valence-electron chi connectivity index (χ4n) is 2.77. The average Bonchev–Trinajstić information content (AvgIpc) is 2.62. The Labute approximate surface area is 148 Å². The first-order chi connectivity index (χ1) is 12.1. The van der Waals surface area contributed by atoms with Crippen molar-refractivity contribution in [2.24, 2.45) is 0 Å². The van der Waals surface area contributed by atoms with Crippen molar-refractivity contribution in [2.75, 3.05) is 24.3 Å². The molecule has 0 heterocycles. The van der Waals surface area contributed by atoms with Gasteiger partial charge in [0.15, 0.2) is 6.10 Å². The van der Waals surface area contributed by atoms with E-state index in [2.05, 4.69) is 16.3 Å². The number of amides is 1. The fraction of sp³-hybridized carbons (Fsp3) is 0.190. The van der Waals surface area contributed by atoms with Crippen LogP contribution in [0.1, 0.15) is 6.92 Å². The van der Waals surface area contributed by atoms with E-state index >= 15 is 0 Å². The summed E-state index contributed by atoms with van der Waals surface area (Å²) in [6.45, 7) is 1.75. The number of ether oxygens (including phenoxy) is 1. The number of nitrogens with zero attached hydrogens (tertiary/aromatic N) is 1. The Morgan fingerprint density at radius 2 is 1.56 bits per heavy atom. The molecule has 0 spiro atoms. The van der Waals surface area contributed by atoms with Crippen LogP contribution in [0.3, 0.4) is 0 Å². The lowest BCUT2D eigenvalue weighted by molar-refractivity contribution is -0.122. The molecule has 0 aliphatic rings. The third-order valence-corrected chi connectivity index (χ3v) is 4.07. The van der Waals surface area contributed by atoms with Gasteiger partial charge in [-0.2, -0.15) is 0 Å². The molecular formula is C21H22N2O2. The smallest absolute Gasteiger partial charge is 0.265 e. The van der Waals surface area contributed by atoms with Crippen molar-refractivity contribution in [1.29, 1.82) is 0 Å². The van der Waals surface area contributed by atoms with Gasteiger partial charge in [-0.05, 0) is 31.2 Å². The SMILES string of the molecule is C[C@@H](Oc1ccccc1)C(=O)Nc1ccc(N(C)C)c2ccccc12. The van der Waals surface area contributed by atoms with Gasteiger partial charge < -0.3 is 15.0 Å². The molecule has 4 nitrogen and oxygen atoms in total. The van der Waals surface area contributed by atoms with Crippen LogP contribution in [-0.4, -0.2) is 26.1 Å². The molecule has 0 aliphatic carbocycles. The number of hydrogen-bond donors (Lipinski definition) is 1. The zero-order chi connectivity index (χ0) is 17.8. The Hall–Kier alpha value is -3.01. The highest BCUT2D eigenvalue weighted by atomic mass is 16.5. The second-order valence-corrected chi connectivity index (χ2v) is 6.13. The van der Waals surface area contributed by atoms with Gasteiger partial charge >= 0.3 is 0 Å². The Kier molecular flexibility index (Phi) is 4.89. The number of anilines is 2. The Bertz CT molecular complexity index is 875. The van der Waals surface area contributed by atoms with Gasteiger partial charge in [0.05, 0.1) is 0 Å². The predicted molar refractivity (Wildman–Crippen MR) is 103 cm³/mol. The number of carbonyl (C=O) groups is 1.